The van der Waals surface area contributed by atoms with Gasteiger partial charge in [-0.2, -0.15) is 0 Å². The van der Waals surface area contributed by atoms with Gasteiger partial charge in [0.1, 0.15) is 0 Å². The van der Waals surface area contributed by atoms with Crippen molar-refractivity contribution in [3.8, 4) is 0 Å². The molecule has 0 aliphatic rings. The van der Waals surface area contributed by atoms with Crippen molar-refractivity contribution in [1.82, 2.24) is 0 Å². The summed E-state index contributed by atoms with van der Waals surface area (Å²) in [7, 11) is -1.83. The standard InChI is InChI=1S/C17H34S/c1-9-12-14-17(6,13-10-2)18(7,8,15-11-3)16(4)5/h9H,1,4,7,10-15H2,2-3,5-6,8H3. The predicted octanol–water partition coefficient (Wildman–Crippen LogP) is 5.86. The molecule has 0 saturated heterocycles. The number of allylic oxidation sites excluding steroid dienone is 2. The molecule has 0 radical (unpaired) electrons. The second-order valence-corrected chi connectivity index (χ2v) is 12.1. The highest BCUT2D eigenvalue weighted by Crippen LogP contribution is 2.72. The van der Waals surface area contributed by atoms with Crippen molar-refractivity contribution in [2.45, 2.75) is 64.5 Å². The summed E-state index contributed by atoms with van der Waals surface area (Å²) in [5, 5.41) is 0. The molecule has 0 N–H and O–H groups in total. The largest absolute Gasteiger partial charge is 0.229 e. The Morgan fingerprint density at radius 1 is 1.22 bits per heavy atom. The average Bonchev–Trinajstić information content (AvgIpc) is 2.26. The van der Waals surface area contributed by atoms with E-state index < -0.39 is 8.75 Å². The Morgan fingerprint density at radius 2 is 1.78 bits per heavy atom. The smallest absolute Gasteiger partial charge is 0.00254 e. The zero-order chi connectivity index (χ0) is 14.5. The molecule has 0 saturated carbocycles. The van der Waals surface area contributed by atoms with Crippen LogP contribution in [0.5, 0.6) is 0 Å². The molecule has 0 rings (SSSR count). The van der Waals surface area contributed by atoms with E-state index in [4.69, 9.17) is 5.87 Å². The third kappa shape index (κ3) is 2.99. The third-order valence-corrected chi connectivity index (χ3v) is 11.7. The van der Waals surface area contributed by atoms with E-state index >= 15 is 0 Å². The van der Waals surface area contributed by atoms with E-state index in [1.807, 2.05) is 6.08 Å². The van der Waals surface area contributed by atoms with Gasteiger partial charge in [-0.15, -0.1) is 6.58 Å². The SMILES string of the molecule is C=CCCC(C)(CCC)S(=C)(C)(CCC)C(=C)C. The van der Waals surface area contributed by atoms with Gasteiger partial charge in [-0.1, -0.05) is 45.7 Å². The Morgan fingerprint density at radius 3 is 2.11 bits per heavy atom. The van der Waals surface area contributed by atoms with Crippen LogP contribution in [0.1, 0.15) is 59.8 Å². The fourth-order valence-corrected chi connectivity index (χ4v) is 7.35. The van der Waals surface area contributed by atoms with Gasteiger partial charge in [0, 0.05) is 0 Å². The van der Waals surface area contributed by atoms with Crippen molar-refractivity contribution < 1.29 is 0 Å². The van der Waals surface area contributed by atoms with E-state index in [1.165, 1.54) is 36.3 Å². The van der Waals surface area contributed by atoms with Gasteiger partial charge in [-0.05, 0) is 54.3 Å². The zero-order valence-electron chi connectivity index (χ0n) is 13.3. The number of hydrogen-bond donors (Lipinski definition) is 0. The first-order valence-electron chi connectivity index (χ1n) is 7.19. The van der Waals surface area contributed by atoms with Crippen LogP contribution in [0.15, 0.2) is 24.1 Å². The van der Waals surface area contributed by atoms with Crippen LogP contribution in [0.25, 0.3) is 0 Å². The van der Waals surface area contributed by atoms with Gasteiger partial charge in [0.25, 0.3) is 0 Å². The molecule has 0 aliphatic carbocycles. The van der Waals surface area contributed by atoms with Crippen molar-refractivity contribution in [1.29, 1.82) is 0 Å². The van der Waals surface area contributed by atoms with Gasteiger partial charge >= 0.3 is 0 Å². The quantitative estimate of drug-likeness (QED) is 0.364. The summed E-state index contributed by atoms with van der Waals surface area (Å²) in [6, 6.07) is 0. The molecular formula is C17H34S. The maximum atomic E-state index is 4.81. The molecular weight excluding hydrogens is 236 g/mol. The molecule has 0 nitrogen and oxygen atoms in total. The summed E-state index contributed by atoms with van der Waals surface area (Å²) in [6.45, 7) is 17.4. The maximum Gasteiger partial charge on any atom is -0.00254 e. The molecule has 1 heteroatoms. The van der Waals surface area contributed by atoms with Gasteiger partial charge in [-0.25, -0.2) is 8.75 Å². The normalized spacial score (nSPS) is 17.5. The Labute approximate surface area is 115 Å². The lowest BCUT2D eigenvalue weighted by Crippen LogP contribution is -2.38. The molecule has 0 spiro atoms. The van der Waals surface area contributed by atoms with E-state index in [0.717, 1.165) is 6.42 Å². The van der Waals surface area contributed by atoms with Crippen molar-refractivity contribution in [2.75, 3.05) is 12.0 Å². The van der Waals surface area contributed by atoms with Gasteiger partial charge < -0.3 is 0 Å². The summed E-state index contributed by atoms with van der Waals surface area (Å²) >= 11 is 0. The van der Waals surface area contributed by atoms with E-state index in [0.29, 0.717) is 4.75 Å². The lowest BCUT2D eigenvalue weighted by molar-refractivity contribution is 0.530. The van der Waals surface area contributed by atoms with Crippen LogP contribution < -0.4 is 0 Å². The molecule has 0 amide bonds. The van der Waals surface area contributed by atoms with Gasteiger partial charge in [0.2, 0.25) is 0 Å². The molecule has 1 unspecified atom stereocenters. The Balaban J connectivity index is 5.71. The summed E-state index contributed by atoms with van der Waals surface area (Å²) in [6.07, 6.45) is 10.4. The van der Waals surface area contributed by atoms with Crippen LogP contribution in [0, 0.1) is 0 Å². The first-order chi connectivity index (χ1) is 8.18. The molecule has 0 fully saturated rings. The van der Waals surface area contributed by atoms with Crippen LogP contribution in [-0.4, -0.2) is 22.6 Å². The second kappa shape index (κ2) is 6.23. The van der Waals surface area contributed by atoms with Crippen molar-refractivity contribution in [3.63, 3.8) is 0 Å². The number of hydrogen-bond acceptors (Lipinski definition) is 0. The second-order valence-electron chi connectivity index (χ2n) is 6.30. The lowest BCUT2D eigenvalue weighted by Gasteiger charge is -2.60. The van der Waals surface area contributed by atoms with Crippen LogP contribution in [0.2, 0.25) is 0 Å². The van der Waals surface area contributed by atoms with Crippen LogP contribution >= 0.6 is 8.75 Å². The molecule has 0 heterocycles. The summed E-state index contributed by atoms with van der Waals surface area (Å²) in [5.41, 5.74) is 0. The zero-order valence-corrected chi connectivity index (χ0v) is 14.2. The highest BCUT2D eigenvalue weighted by Gasteiger charge is 2.43. The number of rotatable bonds is 9. The molecule has 108 valence electrons. The predicted molar refractivity (Wildman–Crippen MR) is 93.4 cm³/mol. The maximum absolute atomic E-state index is 4.81. The van der Waals surface area contributed by atoms with Crippen LogP contribution in [-0.2, 0) is 0 Å². The monoisotopic (exact) mass is 270 g/mol. The molecule has 0 bridgehead atoms. The van der Waals surface area contributed by atoms with Crippen LogP contribution in [0.4, 0.5) is 0 Å². The van der Waals surface area contributed by atoms with Crippen molar-refractivity contribution >= 4 is 14.6 Å². The highest BCUT2D eigenvalue weighted by molar-refractivity contribution is 8.49. The van der Waals surface area contributed by atoms with E-state index in [-0.39, 0.29) is 0 Å². The topological polar surface area (TPSA) is 0 Å². The van der Waals surface area contributed by atoms with Crippen LogP contribution in [0.3, 0.4) is 0 Å². The molecule has 0 aromatic rings. The Hall–Kier alpha value is -0.300. The Kier molecular flexibility index (Phi) is 6.13. The lowest BCUT2D eigenvalue weighted by atomic mass is 9.99. The third-order valence-electron chi connectivity index (χ3n) is 4.86. The minimum atomic E-state index is -1.83. The summed E-state index contributed by atoms with van der Waals surface area (Å²) in [5.74, 6) is 6.02. The summed E-state index contributed by atoms with van der Waals surface area (Å²) < 4.78 is 0.294. The Bertz CT molecular complexity index is 364. The van der Waals surface area contributed by atoms with Crippen molar-refractivity contribution in [2.24, 2.45) is 0 Å². The molecule has 1 atom stereocenters. The van der Waals surface area contributed by atoms with Gasteiger partial charge in [0.15, 0.2) is 0 Å². The van der Waals surface area contributed by atoms with E-state index in [9.17, 15) is 0 Å². The minimum Gasteiger partial charge on any atom is -0.229 e. The first kappa shape index (κ1) is 17.7. The molecule has 0 aromatic heterocycles. The minimum absolute atomic E-state index is 0.294. The molecule has 0 aliphatic heterocycles. The molecule has 0 aromatic carbocycles. The first-order valence-corrected chi connectivity index (χ1v) is 9.97. The van der Waals surface area contributed by atoms with E-state index in [2.05, 4.69) is 47.1 Å². The molecule has 18 heavy (non-hydrogen) atoms. The van der Waals surface area contributed by atoms with Crippen molar-refractivity contribution in [3.05, 3.63) is 24.1 Å². The average molecular weight is 271 g/mol. The fraction of sp³-hybridized carbons (Fsp3) is 0.706. The van der Waals surface area contributed by atoms with Gasteiger partial charge in [-0.3, -0.25) is 0 Å². The highest BCUT2D eigenvalue weighted by atomic mass is 32.3. The van der Waals surface area contributed by atoms with Gasteiger partial charge in [0.05, 0.1) is 0 Å². The fourth-order valence-electron chi connectivity index (χ4n) is 3.05. The summed E-state index contributed by atoms with van der Waals surface area (Å²) in [4.78, 5) is 1.33. The van der Waals surface area contributed by atoms with E-state index in [1.54, 1.807) is 0 Å².